The minimum Gasteiger partial charge on any atom is -0.478 e. The standard InChI is InChI=1S/C14H20N2O3/c1-10-12(14(18)19)6-7-13(15-10)16(8-9-17)11-4-2-3-5-11/h6-7,11,17H,2-5,8-9H2,1H3,(H,18,19). The Kier molecular flexibility index (Phi) is 4.37. The molecule has 1 aromatic heterocycles. The molecule has 0 saturated heterocycles. The summed E-state index contributed by atoms with van der Waals surface area (Å²) in [5.41, 5.74) is 0.755. The number of aromatic carboxylic acids is 1. The third-order valence-electron chi connectivity index (χ3n) is 3.70. The van der Waals surface area contributed by atoms with E-state index in [4.69, 9.17) is 5.11 Å². The molecular weight excluding hydrogens is 244 g/mol. The molecule has 1 aromatic rings. The van der Waals surface area contributed by atoms with Crippen LogP contribution in [0.1, 0.15) is 41.7 Å². The zero-order chi connectivity index (χ0) is 13.8. The van der Waals surface area contributed by atoms with E-state index in [9.17, 15) is 9.90 Å². The highest BCUT2D eigenvalue weighted by Crippen LogP contribution is 2.27. The van der Waals surface area contributed by atoms with Gasteiger partial charge >= 0.3 is 5.97 Å². The van der Waals surface area contributed by atoms with Gasteiger partial charge in [0.15, 0.2) is 0 Å². The van der Waals surface area contributed by atoms with Gasteiger partial charge in [-0.15, -0.1) is 0 Å². The van der Waals surface area contributed by atoms with E-state index in [1.807, 2.05) is 0 Å². The molecule has 1 saturated carbocycles. The van der Waals surface area contributed by atoms with Crippen molar-refractivity contribution in [3.63, 3.8) is 0 Å². The lowest BCUT2D eigenvalue weighted by atomic mass is 10.1. The number of carboxylic acids is 1. The van der Waals surface area contributed by atoms with E-state index in [0.29, 0.717) is 18.3 Å². The van der Waals surface area contributed by atoms with Crippen molar-refractivity contribution in [3.8, 4) is 0 Å². The number of aromatic nitrogens is 1. The summed E-state index contributed by atoms with van der Waals surface area (Å²) in [7, 11) is 0. The molecule has 0 aromatic carbocycles. The molecule has 104 valence electrons. The van der Waals surface area contributed by atoms with Gasteiger partial charge in [0.25, 0.3) is 0 Å². The number of aryl methyl sites for hydroxylation is 1. The largest absolute Gasteiger partial charge is 0.478 e. The summed E-state index contributed by atoms with van der Waals surface area (Å²) in [4.78, 5) is 17.5. The van der Waals surface area contributed by atoms with Gasteiger partial charge in [0, 0.05) is 12.6 Å². The Hall–Kier alpha value is -1.62. The first-order valence-electron chi connectivity index (χ1n) is 6.72. The van der Waals surface area contributed by atoms with E-state index in [-0.39, 0.29) is 12.2 Å². The molecule has 5 nitrogen and oxygen atoms in total. The van der Waals surface area contributed by atoms with E-state index in [1.54, 1.807) is 19.1 Å². The van der Waals surface area contributed by atoms with Crippen molar-refractivity contribution in [3.05, 3.63) is 23.4 Å². The molecule has 1 aliphatic carbocycles. The molecule has 2 rings (SSSR count). The molecule has 0 aliphatic heterocycles. The summed E-state index contributed by atoms with van der Waals surface area (Å²) in [5.74, 6) is -0.186. The number of rotatable bonds is 5. The predicted octanol–water partition coefficient (Wildman–Crippen LogP) is 1.83. The van der Waals surface area contributed by atoms with Gasteiger partial charge in [-0.1, -0.05) is 12.8 Å². The van der Waals surface area contributed by atoms with Gasteiger partial charge in [-0.2, -0.15) is 0 Å². The second-order valence-electron chi connectivity index (χ2n) is 4.96. The van der Waals surface area contributed by atoms with Crippen LogP contribution in [0, 0.1) is 6.92 Å². The Morgan fingerprint density at radius 3 is 2.63 bits per heavy atom. The van der Waals surface area contributed by atoms with Crippen molar-refractivity contribution in [2.24, 2.45) is 0 Å². The summed E-state index contributed by atoms with van der Waals surface area (Å²) < 4.78 is 0. The lowest BCUT2D eigenvalue weighted by molar-refractivity contribution is 0.0695. The van der Waals surface area contributed by atoms with E-state index in [0.717, 1.165) is 18.7 Å². The second-order valence-corrected chi connectivity index (χ2v) is 4.96. The van der Waals surface area contributed by atoms with Crippen molar-refractivity contribution >= 4 is 11.8 Å². The first-order chi connectivity index (χ1) is 9.13. The highest BCUT2D eigenvalue weighted by Gasteiger charge is 2.24. The van der Waals surface area contributed by atoms with Crippen LogP contribution in [0.3, 0.4) is 0 Å². The fourth-order valence-electron chi connectivity index (χ4n) is 2.74. The molecule has 1 fully saturated rings. The number of aliphatic hydroxyl groups excluding tert-OH is 1. The number of anilines is 1. The van der Waals surface area contributed by atoms with E-state index in [2.05, 4.69) is 9.88 Å². The number of carboxylic acid groups (broad SMARTS) is 1. The molecular formula is C14H20N2O3. The molecule has 5 heteroatoms. The second kappa shape index (κ2) is 6.02. The average molecular weight is 264 g/mol. The van der Waals surface area contributed by atoms with Crippen LogP contribution in [0.2, 0.25) is 0 Å². The number of hydrogen-bond donors (Lipinski definition) is 2. The van der Waals surface area contributed by atoms with Crippen LogP contribution in [-0.4, -0.2) is 40.4 Å². The van der Waals surface area contributed by atoms with Gasteiger partial charge < -0.3 is 15.1 Å². The van der Waals surface area contributed by atoms with E-state index < -0.39 is 5.97 Å². The Morgan fingerprint density at radius 1 is 1.42 bits per heavy atom. The third kappa shape index (κ3) is 3.04. The van der Waals surface area contributed by atoms with E-state index in [1.165, 1.54) is 12.8 Å². The molecule has 0 amide bonds. The summed E-state index contributed by atoms with van der Waals surface area (Å²) in [6.45, 7) is 2.33. The van der Waals surface area contributed by atoms with E-state index >= 15 is 0 Å². The topological polar surface area (TPSA) is 73.7 Å². The fourth-order valence-corrected chi connectivity index (χ4v) is 2.74. The minimum atomic E-state index is -0.953. The van der Waals surface area contributed by atoms with Gasteiger partial charge in [-0.05, 0) is 31.9 Å². The predicted molar refractivity (Wildman–Crippen MR) is 72.6 cm³/mol. The summed E-state index contributed by atoms with van der Waals surface area (Å²) >= 11 is 0. The molecule has 0 unspecified atom stereocenters. The Labute approximate surface area is 112 Å². The molecule has 0 atom stereocenters. The number of nitrogens with zero attached hydrogens (tertiary/aromatic N) is 2. The molecule has 19 heavy (non-hydrogen) atoms. The maximum Gasteiger partial charge on any atom is 0.337 e. The van der Waals surface area contributed by atoms with Crippen LogP contribution in [0.4, 0.5) is 5.82 Å². The Morgan fingerprint density at radius 2 is 2.11 bits per heavy atom. The summed E-state index contributed by atoms with van der Waals surface area (Å²) in [5, 5.41) is 18.2. The zero-order valence-corrected chi connectivity index (χ0v) is 11.2. The summed E-state index contributed by atoms with van der Waals surface area (Å²) in [6.07, 6.45) is 4.64. The number of hydrogen-bond acceptors (Lipinski definition) is 4. The van der Waals surface area contributed by atoms with Crippen LogP contribution < -0.4 is 4.90 Å². The van der Waals surface area contributed by atoms with Crippen LogP contribution in [0.25, 0.3) is 0 Å². The van der Waals surface area contributed by atoms with Crippen LogP contribution in [-0.2, 0) is 0 Å². The quantitative estimate of drug-likeness (QED) is 0.848. The molecule has 0 radical (unpaired) electrons. The van der Waals surface area contributed by atoms with Gasteiger partial charge in [0.2, 0.25) is 0 Å². The Bertz CT molecular complexity index is 456. The highest BCUT2D eigenvalue weighted by molar-refractivity contribution is 5.89. The van der Waals surface area contributed by atoms with Crippen LogP contribution >= 0.6 is 0 Å². The van der Waals surface area contributed by atoms with Crippen molar-refractivity contribution in [2.45, 2.75) is 38.6 Å². The maximum atomic E-state index is 11.0. The minimum absolute atomic E-state index is 0.0813. The molecule has 2 N–H and O–H groups in total. The van der Waals surface area contributed by atoms with Gasteiger partial charge in [-0.3, -0.25) is 0 Å². The first-order valence-corrected chi connectivity index (χ1v) is 6.72. The third-order valence-corrected chi connectivity index (χ3v) is 3.70. The lowest BCUT2D eigenvalue weighted by Gasteiger charge is -2.29. The first kappa shape index (κ1) is 13.8. The summed E-state index contributed by atoms with van der Waals surface area (Å²) in [6, 6.07) is 3.75. The molecule has 1 aliphatic rings. The normalized spacial score (nSPS) is 15.7. The van der Waals surface area contributed by atoms with Gasteiger partial charge in [0.05, 0.1) is 17.9 Å². The maximum absolute atomic E-state index is 11.0. The van der Waals surface area contributed by atoms with Crippen LogP contribution in [0.5, 0.6) is 0 Å². The fraction of sp³-hybridized carbons (Fsp3) is 0.571. The SMILES string of the molecule is Cc1nc(N(CCO)C2CCCC2)ccc1C(=O)O. The van der Waals surface area contributed by atoms with Crippen LogP contribution in [0.15, 0.2) is 12.1 Å². The molecule has 0 bridgehead atoms. The van der Waals surface area contributed by atoms with Crippen molar-refractivity contribution < 1.29 is 15.0 Å². The average Bonchev–Trinajstić information content (AvgIpc) is 2.89. The van der Waals surface area contributed by atoms with Gasteiger partial charge in [0.1, 0.15) is 5.82 Å². The van der Waals surface area contributed by atoms with Crippen molar-refractivity contribution in [1.82, 2.24) is 4.98 Å². The number of carbonyl (C=O) groups is 1. The smallest absolute Gasteiger partial charge is 0.337 e. The number of pyridine rings is 1. The molecule has 0 spiro atoms. The molecule has 1 heterocycles. The Balaban J connectivity index is 2.26. The monoisotopic (exact) mass is 264 g/mol. The zero-order valence-electron chi connectivity index (χ0n) is 11.2. The van der Waals surface area contributed by atoms with Crippen molar-refractivity contribution in [1.29, 1.82) is 0 Å². The highest BCUT2D eigenvalue weighted by atomic mass is 16.4. The van der Waals surface area contributed by atoms with Gasteiger partial charge in [-0.25, -0.2) is 9.78 Å². The number of aliphatic hydroxyl groups is 1. The lowest BCUT2D eigenvalue weighted by Crippen LogP contribution is -2.36. The van der Waals surface area contributed by atoms with Crippen molar-refractivity contribution in [2.75, 3.05) is 18.1 Å².